The molecule has 2 aromatic carbocycles. The maximum atomic E-state index is 12.2. The molecule has 1 N–H and O–H groups in total. The Bertz CT molecular complexity index is 1110. The Morgan fingerprint density at radius 1 is 1.22 bits per heavy atom. The molecule has 1 aromatic heterocycles. The molecule has 4 rings (SSSR count). The summed E-state index contributed by atoms with van der Waals surface area (Å²) in [4.78, 5) is 29.7. The zero-order valence-electron chi connectivity index (χ0n) is 18.3. The minimum absolute atomic E-state index is 0.0163. The first-order chi connectivity index (χ1) is 15.2. The Morgan fingerprint density at radius 2 is 1.94 bits per heavy atom. The van der Waals surface area contributed by atoms with Crippen LogP contribution in [0.3, 0.4) is 0 Å². The average Bonchev–Trinajstić information content (AvgIpc) is 3.17. The number of rotatable bonds is 4. The lowest BCUT2D eigenvalue weighted by Crippen LogP contribution is -2.44. The van der Waals surface area contributed by atoms with Crippen molar-refractivity contribution in [2.45, 2.75) is 45.3 Å². The van der Waals surface area contributed by atoms with Gasteiger partial charge in [0.25, 0.3) is 5.69 Å². The van der Waals surface area contributed by atoms with E-state index in [1.165, 1.54) is 6.07 Å². The number of benzene rings is 2. The average molecular weight is 438 g/mol. The molecule has 168 valence electrons. The zero-order chi connectivity index (χ0) is 22.9. The molecule has 1 saturated heterocycles. The van der Waals surface area contributed by atoms with Gasteiger partial charge in [-0.3, -0.25) is 10.1 Å². The fourth-order valence-corrected chi connectivity index (χ4v) is 3.69. The highest BCUT2D eigenvalue weighted by Crippen LogP contribution is 2.33. The largest absolute Gasteiger partial charge is 0.444 e. The predicted molar refractivity (Wildman–Crippen MR) is 121 cm³/mol. The highest BCUT2D eigenvalue weighted by molar-refractivity contribution is 5.78. The number of carbonyl (C=O) groups is 1. The summed E-state index contributed by atoms with van der Waals surface area (Å²) in [7, 11) is 0. The molecule has 1 aliphatic rings. The van der Waals surface area contributed by atoms with Crippen molar-refractivity contribution in [2.24, 2.45) is 0 Å². The summed E-state index contributed by atoms with van der Waals surface area (Å²) in [6.07, 6.45) is 1.01. The van der Waals surface area contributed by atoms with Crippen molar-refractivity contribution in [3.8, 4) is 11.5 Å². The predicted octanol–water partition coefficient (Wildman–Crippen LogP) is 5.21. The summed E-state index contributed by atoms with van der Waals surface area (Å²) >= 11 is 0. The number of carbonyl (C=O) groups excluding carboxylic acids is 1. The minimum atomic E-state index is -0.538. The summed E-state index contributed by atoms with van der Waals surface area (Å²) in [6.45, 7) is 6.57. The van der Waals surface area contributed by atoms with E-state index in [4.69, 9.17) is 9.15 Å². The number of ether oxygens (including phenoxy) is 1. The molecule has 0 unspecified atom stereocenters. The molecule has 9 heteroatoms. The van der Waals surface area contributed by atoms with Crippen LogP contribution in [0.25, 0.3) is 22.6 Å². The third-order valence-electron chi connectivity index (χ3n) is 5.24. The maximum absolute atomic E-state index is 12.2. The third-order valence-corrected chi connectivity index (χ3v) is 5.24. The number of hydrogen-bond acceptors (Lipinski definition) is 7. The van der Waals surface area contributed by atoms with Crippen molar-refractivity contribution < 1.29 is 18.9 Å². The number of piperidine rings is 1. The second kappa shape index (κ2) is 8.49. The van der Waals surface area contributed by atoms with Crippen LogP contribution in [-0.2, 0) is 4.74 Å². The van der Waals surface area contributed by atoms with Crippen molar-refractivity contribution in [3.05, 3.63) is 52.6 Å². The van der Waals surface area contributed by atoms with Crippen LogP contribution in [0, 0.1) is 10.1 Å². The van der Waals surface area contributed by atoms with Crippen LogP contribution in [0.5, 0.6) is 0 Å². The van der Waals surface area contributed by atoms with Crippen LogP contribution < -0.4 is 5.32 Å². The van der Waals surface area contributed by atoms with Crippen molar-refractivity contribution in [2.75, 3.05) is 18.4 Å². The molecule has 1 amide bonds. The van der Waals surface area contributed by atoms with Crippen LogP contribution in [0.1, 0.15) is 33.6 Å². The van der Waals surface area contributed by atoms with Gasteiger partial charge >= 0.3 is 6.09 Å². The van der Waals surface area contributed by atoms with E-state index in [-0.39, 0.29) is 17.8 Å². The van der Waals surface area contributed by atoms with E-state index in [1.54, 1.807) is 23.1 Å². The van der Waals surface area contributed by atoms with Gasteiger partial charge in [0, 0.05) is 30.8 Å². The first-order valence-corrected chi connectivity index (χ1v) is 10.6. The van der Waals surface area contributed by atoms with E-state index < -0.39 is 10.5 Å². The molecule has 0 aliphatic carbocycles. The topological polar surface area (TPSA) is 111 Å². The summed E-state index contributed by atoms with van der Waals surface area (Å²) < 4.78 is 11.2. The number of likely N-dealkylation sites (tertiary alicyclic amines) is 1. The number of anilines is 1. The molecule has 32 heavy (non-hydrogen) atoms. The second-order valence-corrected chi connectivity index (χ2v) is 8.86. The van der Waals surface area contributed by atoms with Crippen molar-refractivity contribution in [3.63, 3.8) is 0 Å². The molecule has 0 bridgehead atoms. The van der Waals surface area contributed by atoms with Gasteiger partial charge in [-0.05, 0) is 57.9 Å². The SMILES string of the molecule is CC(C)(C)OC(=O)N1CCC(Nc2ccc(-c3nc4ccccc4o3)cc2[N+](=O)[O-])CC1. The van der Waals surface area contributed by atoms with Gasteiger partial charge in [0.05, 0.1) is 4.92 Å². The van der Waals surface area contributed by atoms with Gasteiger partial charge in [0.2, 0.25) is 5.89 Å². The third kappa shape index (κ3) is 4.82. The van der Waals surface area contributed by atoms with Gasteiger partial charge < -0.3 is 19.4 Å². The molecular formula is C23H26N4O5. The normalized spacial score (nSPS) is 15.0. The molecule has 2 heterocycles. The molecule has 1 fully saturated rings. The molecule has 1 aliphatic heterocycles. The number of aromatic nitrogens is 1. The van der Waals surface area contributed by atoms with E-state index >= 15 is 0 Å². The van der Waals surface area contributed by atoms with Gasteiger partial charge in [-0.2, -0.15) is 0 Å². The van der Waals surface area contributed by atoms with E-state index in [9.17, 15) is 14.9 Å². The molecule has 9 nitrogen and oxygen atoms in total. The summed E-state index contributed by atoms with van der Waals surface area (Å²) in [6, 6.07) is 12.3. The summed E-state index contributed by atoms with van der Waals surface area (Å²) in [5.41, 5.74) is 1.72. The maximum Gasteiger partial charge on any atom is 0.410 e. The van der Waals surface area contributed by atoms with Gasteiger partial charge in [0.1, 0.15) is 16.8 Å². The highest BCUT2D eigenvalue weighted by atomic mass is 16.6. The molecule has 3 aromatic rings. The Balaban J connectivity index is 1.46. The highest BCUT2D eigenvalue weighted by Gasteiger charge is 2.28. The van der Waals surface area contributed by atoms with Crippen LogP contribution >= 0.6 is 0 Å². The van der Waals surface area contributed by atoms with Crippen molar-refractivity contribution in [1.82, 2.24) is 9.88 Å². The van der Waals surface area contributed by atoms with E-state index in [0.29, 0.717) is 54.2 Å². The summed E-state index contributed by atoms with van der Waals surface area (Å²) in [5, 5.41) is 15.0. The smallest absolute Gasteiger partial charge is 0.410 e. The van der Waals surface area contributed by atoms with Gasteiger partial charge in [-0.1, -0.05) is 12.1 Å². The first-order valence-electron chi connectivity index (χ1n) is 10.6. The number of nitro benzene ring substituents is 1. The van der Waals surface area contributed by atoms with Crippen molar-refractivity contribution >= 4 is 28.6 Å². The standard InChI is InChI=1S/C23H26N4O5/c1-23(2,3)32-22(28)26-12-10-16(11-13-26)24-17-9-8-15(14-19(17)27(29)30)21-25-18-6-4-5-7-20(18)31-21/h4-9,14,16,24H,10-13H2,1-3H3. The fourth-order valence-electron chi connectivity index (χ4n) is 3.69. The van der Waals surface area contributed by atoms with Gasteiger partial charge in [0.15, 0.2) is 5.58 Å². The minimum Gasteiger partial charge on any atom is -0.444 e. The number of hydrogen-bond donors (Lipinski definition) is 1. The Labute approximate surface area is 185 Å². The number of amides is 1. The van der Waals surface area contributed by atoms with Crippen molar-refractivity contribution in [1.29, 1.82) is 0 Å². The Hall–Kier alpha value is -3.62. The van der Waals surface area contributed by atoms with Crippen LogP contribution in [0.4, 0.5) is 16.2 Å². The summed E-state index contributed by atoms with van der Waals surface area (Å²) in [5.74, 6) is 0.339. The first kappa shape index (κ1) is 21.6. The molecule has 0 atom stereocenters. The van der Waals surface area contributed by atoms with E-state index in [1.807, 2.05) is 39.0 Å². The molecule has 0 radical (unpaired) electrons. The van der Waals surface area contributed by atoms with Gasteiger partial charge in [-0.25, -0.2) is 9.78 Å². The number of nitro groups is 1. The van der Waals surface area contributed by atoms with Gasteiger partial charge in [-0.15, -0.1) is 0 Å². The number of fused-ring (bicyclic) bond motifs is 1. The van der Waals surface area contributed by atoms with Crippen LogP contribution in [0.15, 0.2) is 46.9 Å². The molecular weight excluding hydrogens is 412 g/mol. The second-order valence-electron chi connectivity index (χ2n) is 8.86. The zero-order valence-corrected chi connectivity index (χ0v) is 18.3. The number of para-hydroxylation sites is 2. The Morgan fingerprint density at radius 3 is 2.59 bits per heavy atom. The van der Waals surface area contributed by atoms with Crippen LogP contribution in [0.2, 0.25) is 0 Å². The molecule has 0 spiro atoms. The Kier molecular flexibility index (Phi) is 5.73. The van der Waals surface area contributed by atoms with E-state index in [0.717, 1.165) is 0 Å². The lowest BCUT2D eigenvalue weighted by Gasteiger charge is -2.34. The van der Waals surface area contributed by atoms with Crippen LogP contribution in [-0.4, -0.2) is 45.6 Å². The monoisotopic (exact) mass is 438 g/mol. The lowest BCUT2D eigenvalue weighted by atomic mass is 10.0. The van der Waals surface area contributed by atoms with E-state index in [2.05, 4.69) is 10.3 Å². The lowest BCUT2D eigenvalue weighted by molar-refractivity contribution is -0.383. The number of nitrogens with one attached hydrogen (secondary N) is 1. The molecule has 0 saturated carbocycles. The fraction of sp³-hybridized carbons (Fsp3) is 0.391. The number of nitrogens with zero attached hydrogens (tertiary/aromatic N) is 3. The number of oxazole rings is 1. The quantitative estimate of drug-likeness (QED) is 0.439.